The minimum atomic E-state index is -0.605. The molecule has 1 heterocycles. The van der Waals surface area contributed by atoms with Gasteiger partial charge < -0.3 is 4.74 Å². The highest BCUT2D eigenvalue weighted by atomic mass is 35.5. The first-order valence-electron chi connectivity index (χ1n) is 7.49. The second-order valence-electron chi connectivity index (χ2n) is 5.24. The van der Waals surface area contributed by atoms with E-state index < -0.39 is 12.2 Å². The lowest BCUT2D eigenvalue weighted by Gasteiger charge is -2.14. The van der Waals surface area contributed by atoms with Gasteiger partial charge in [-0.3, -0.25) is 5.32 Å². The highest BCUT2D eigenvalue weighted by Gasteiger charge is 2.20. The van der Waals surface area contributed by atoms with Crippen LogP contribution in [0.2, 0.25) is 10.2 Å². The van der Waals surface area contributed by atoms with Crippen LogP contribution in [0.25, 0.3) is 10.4 Å². The minimum absolute atomic E-state index is 0.198. The fraction of sp³-hybridized carbons (Fsp3) is 0.111. The van der Waals surface area contributed by atoms with Gasteiger partial charge in [-0.25, -0.2) is 4.79 Å². The van der Waals surface area contributed by atoms with Crippen molar-refractivity contribution in [2.24, 2.45) is 0 Å². The number of halogens is 2. The van der Waals surface area contributed by atoms with Gasteiger partial charge in [0, 0.05) is 10.6 Å². The number of hydrogen-bond donors (Lipinski definition) is 1. The topological polar surface area (TPSA) is 51.2 Å². The third kappa shape index (κ3) is 4.12. The summed E-state index contributed by atoms with van der Waals surface area (Å²) in [5, 5.41) is 3.43. The van der Waals surface area contributed by atoms with Crippen LogP contribution >= 0.6 is 34.7 Å². The number of rotatable bonds is 4. The van der Waals surface area contributed by atoms with Crippen molar-refractivity contribution in [1.29, 1.82) is 0 Å². The molecule has 7 heteroatoms. The molecular weight excluding hydrogens is 379 g/mol. The molecule has 1 unspecified atom stereocenters. The van der Waals surface area contributed by atoms with Gasteiger partial charge in [0.05, 0.1) is 4.88 Å². The number of nitrogens with one attached hydrogen (secondary N) is 1. The predicted octanol–water partition coefficient (Wildman–Crippen LogP) is 6.43. The molecule has 3 rings (SSSR count). The maximum Gasteiger partial charge on any atom is 0.412 e. The Bertz CT molecular complexity index is 884. The van der Waals surface area contributed by atoms with Crippen LogP contribution in [0.1, 0.15) is 18.6 Å². The number of ether oxygens (including phenoxy) is 1. The lowest BCUT2D eigenvalue weighted by molar-refractivity contribution is 0.121. The Balaban J connectivity index is 1.78. The van der Waals surface area contributed by atoms with Crippen molar-refractivity contribution in [3.8, 4) is 10.4 Å². The second-order valence-corrected chi connectivity index (χ2v) is 6.78. The van der Waals surface area contributed by atoms with Crippen LogP contribution < -0.4 is 5.32 Å². The van der Waals surface area contributed by atoms with E-state index in [0.29, 0.717) is 15.6 Å². The summed E-state index contributed by atoms with van der Waals surface area (Å²) in [5.74, 6) is 0. The molecular formula is C18H14Cl2N2O2S. The van der Waals surface area contributed by atoms with Gasteiger partial charge in [0.2, 0.25) is 0 Å². The Morgan fingerprint density at radius 1 is 1.12 bits per heavy atom. The van der Waals surface area contributed by atoms with Gasteiger partial charge in [-0.15, -0.1) is 0 Å². The minimum Gasteiger partial charge on any atom is -0.441 e. The second kappa shape index (κ2) is 7.87. The maximum atomic E-state index is 12.3. The van der Waals surface area contributed by atoms with E-state index in [-0.39, 0.29) is 5.15 Å². The molecule has 1 aromatic heterocycles. The molecule has 0 bridgehead atoms. The molecule has 0 spiro atoms. The molecule has 1 amide bonds. The standard InChI is InChI=1S/C18H14Cl2N2O2S/c1-11(12-7-3-2-4-8-12)24-18(23)21-15-16(25-22-17(15)20)13-9-5-6-10-14(13)19/h2-11H,1H3,(H,21,23). The number of carbonyl (C=O) groups excluding carboxylic acids is 1. The van der Waals surface area contributed by atoms with E-state index in [1.54, 1.807) is 13.0 Å². The van der Waals surface area contributed by atoms with E-state index in [0.717, 1.165) is 22.7 Å². The number of nitrogens with zero attached hydrogens (tertiary/aromatic N) is 1. The van der Waals surface area contributed by atoms with Crippen molar-refractivity contribution in [3.05, 3.63) is 70.3 Å². The summed E-state index contributed by atoms with van der Waals surface area (Å²) in [6, 6.07) is 16.8. The highest BCUT2D eigenvalue weighted by molar-refractivity contribution is 7.10. The zero-order valence-corrected chi connectivity index (χ0v) is 15.5. The number of carbonyl (C=O) groups is 1. The quantitative estimate of drug-likeness (QED) is 0.556. The number of amides is 1. The lowest BCUT2D eigenvalue weighted by Crippen LogP contribution is -2.16. The smallest absolute Gasteiger partial charge is 0.412 e. The third-order valence-electron chi connectivity index (χ3n) is 3.55. The van der Waals surface area contributed by atoms with Gasteiger partial charge in [-0.1, -0.05) is 71.7 Å². The molecule has 0 saturated carbocycles. The summed E-state index contributed by atoms with van der Waals surface area (Å²) < 4.78 is 9.52. The molecule has 0 radical (unpaired) electrons. The van der Waals surface area contributed by atoms with Crippen LogP contribution in [0.3, 0.4) is 0 Å². The van der Waals surface area contributed by atoms with E-state index in [9.17, 15) is 4.79 Å². The molecule has 3 aromatic rings. The predicted molar refractivity (Wildman–Crippen MR) is 103 cm³/mol. The van der Waals surface area contributed by atoms with Crippen molar-refractivity contribution in [2.75, 3.05) is 5.32 Å². The SMILES string of the molecule is CC(OC(=O)Nc1c(Cl)nsc1-c1ccccc1Cl)c1ccccc1. The molecule has 0 aliphatic rings. The molecule has 0 saturated heterocycles. The molecule has 2 aromatic carbocycles. The zero-order valence-electron chi connectivity index (χ0n) is 13.2. The van der Waals surface area contributed by atoms with Crippen molar-refractivity contribution < 1.29 is 9.53 Å². The van der Waals surface area contributed by atoms with Crippen LogP contribution in [0, 0.1) is 0 Å². The van der Waals surface area contributed by atoms with E-state index in [2.05, 4.69) is 9.69 Å². The van der Waals surface area contributed by atoms with Gasteiger partial charge >= 0.3 is 6.09 Å². The molecule has 1 N–H and O–H groups in total. The fourth-order valence-electron chi connectivity index (χ4n) is 2.29. The number of hydrogen-bond acceptors (Lipinski definition) is 4. The van der Waals surface area contributed by atoms with Gasteiger partial charge in [0.1, 0.15) is 11.8 Å². The van der Waals surface area contributed by atoms with Gasteiger partial charge in [-0.05, 0) is 30.1 Å². The number of anilines is 1. The molecule has 0 aliphatic carbocycles. The van der Waals surface area contributed by atoms with Gasteiger partial charge in [0.15, 0.2) is 5.15 Å². The normalized spacial score (nSPS) is 11.8. The third-order valence-corrected chi connectivity index (χ3v) is 5.13. The Hall–Kier alpha value is -2.08. The first-order valence-corrected chi connectivity index (χ1v) is 9.02. The van der Waals surface area contributed by atoms with Crippen molar-refractivity contribution in [2.45, 2.75) is 13.0 Å². The van der Waals surface area contributed by atoms with Crippen molar-refractivity contribution in [3.63, 3.8) is 0 Å². The van der Waals surface area contributed by atoms with E-state index in [4.69, 9.17) is 27.9 Å². The molecule has 4 nitrogen and oxygen atoms in total. The van der Waals surface area contributed by atoms with E-state index in [1.165, 1.54) is 0 Å². The summed E-state index contributed by atoms with van der Waals surface area (Å²) in [4.78, 5) is 12.9. The van der Waals surface area contributed by atoms with Crippen LogP contribution in [0.4, 0.5) is 10.5 Å². The Morgan fingerprint density at radius 2 is 1.80 bits per heavy atom. The highest BCUT2D eigenvalue weighted by Crippen LogP contribution is 2.40. The first-order chi connectivity index (χ1) is 12.1. The molecule has 1 atom stereocenters. The zero-order chi connectivity index (χ0) is 17.8. The summed E-state index contributed by atoms with van der Waals surface area (Å²) in [6.45, 7) is 1.80. The van der Waals surface area contributed by atoms with Crippen molar-refractivity contribution >= 4 is 46.5 Å². The van der Waals surface area contributed by atoms with Crippen molar-refractivity contribution in [1.82, 2.24) is 4.37 Å². The largest absolute Gasteiger partial charge is 0.441 e. The Morgan fingerprint density at radius 3 is 2.52 bits per heavy atom. The molecule has 0 fully saturated rings. The molecule has 25 heavy (non-hydrogen) atoms. The van der Waals surface area contributed by atoms with Crippen LogP contribution in [-0.2, 0) is 4.74 Å². The summed E-state index contributed by atoms with van der Waals surface area (Å²) in [7, 11) is 0. The number of aromatic nitrogens is 1. The maximum absolute atomic E-state index is 12.3. The molecule has 0 aliphatic heterocycles. The average molecular weight is 393 g/mol. The van der Waals surface area contributed by atoms with E-state index in [1.807, 2.05) is 48.5 Å². The lowest BCUT2D eigenvalue weighted by atomic mass is 10.1. The molecule has 128 valence electrons. The average Bonchev–Trinajstić information content (AvgIpc) is 2.96. The van der Waals surface area contributed by atoms with Gasteiger partial charge in [0.25, 0.3) is 0 Å². The first kappa shape index (κ1) is 17.7. The van der Waals surface area contributed by atoms with Crippen LogP contribution in [-0.4, -0.2) is 10.5 Å². The van der Waals surface area contributed by atoms with Crippen LogP contribution in [0.15, 0.2) is 54.6 Å². The summed E-state index contributed by atoms with van der Waals surface area (Å²) >= 11 is 13.5. The summed E-state index contributed by atoms with van der Waals surface area (Å²) in [5.41, 5.74) is 2.04. The monoisotopic (exact) mass is 392 g/mol. The van der Waals surface area contributed by atoms with Crippen LogP contribution in [0.5, 0.6) is 0 Å². The Labute approximate surface area is 159 Å². The summed E-state index contributed by atoms with van der Waals surface area (Å²) in [6.07, 6.45) is -0.998. The number of benzene rings is 2. The fourth-order valence-corrected chi connectivity index (χ4v) is 3.66. The van der Waals surface area contributed by atoms with Gasteiger partial charge in [-0.2, -0.15) is 4.37 Å². The Kier molecular flexibility index (Phi) is 5.58. The van der Waals surface area contributed by atoms with E-state index >= 15 is 0 Å².